The summed E-state index contributed by atoms with van der Waals surface area (Å²) in [5.74, 6) is 0.586. The van der Waals surface area contributed by atoms with Crippen molar-refractivity contribution in [2.24, 2.45) is 0 Å². The molecule has 0 spiro atoms. The van der Waals surface area contributed by atoms with E-state index >= 15 is 0 Å². The lowest BCUT2D eigenvalue weighted by atomic mass is 10.2. The molecule has 1 atom stereocenters. The van der Waals surface area contributed by atoms with Gasteiger partial charge in [0.25, 0.3) is 0 Å². The van der Waals surface area contributed by atoms with E-state index in [2.05, 4.69) is 5.32 Å². The molecule has 0 bridgehead atoms. The molecule has 0 aromatic heterocycles. The molecular formula is C16H21ClN2O3S. The number of nitrogens with zero attached hydrogens (tertiary/aromatic N) is 1. The predicted molar refractivity (Wildman–Crippen MR) is 94.1 cm³/mol. The van der Waals surface area contributed by atoms with Crippen LogP contribution in [0.4, 0.5) is 10.5 Å². The zero-order valence-electron chi connectivity index (χ0n) is 13.5. The number of amides is 2. The van der Waals surface area contributed by atoms with Crippen LogP contribution >= 0.6 is 23.4 Å². The number of hydrogen-bond donors (Lipinski definition) is 1. The highest BCUT2D eigenvalue weighted by Gasteiger charge is 2.31. The van der Waals surface area contributed by atoms with Crippen molar-refractivity contribution in [1.82, 2.24) is 4.90 Å². The van der Waals surface area contributed by atoms with E-state index in [-0.39, 0.29) is 17.3 Å². The Morgan fingerprint density at radius 3 is 2.57 bits per heavy atom. The standard InChI is InChI=1S/C16H21ClN2O3S/c1-16(2,3)22-15(21)19-8-9-23-13(10-19)14(20)18-12-6-4-11(17)5-7-12/h4-7,13H,8-10H2,1-3H3,(H,18,20). The van der Waals surface area contributed by atoms with Crippen molar-refractivity contribution in [1.29, 1.82) is 0 Å². The third kappa shape index (κ3) is 5.62. The number of hydrogen-bond acceptors (Lipinski definition) is 4. The molecule has 1 fully saturated rings. The van der Waals surface area contributed by atoms with Crippen LogP contribution in [0.3, 0.4) is 0 Å². The van der Waals surface area contributed by atoms with Crippen LogP contribution < -0.4 is 5.32 Å². The molecule has 5 nitrogen and oxygen atoms in total. The zero-order chi connectivity index (χ0) is 17.0. The Balaban J connectivity index is 1.93. The lowest BCUT2D eigenvalue weighted by molar-refractivity contribution is -0.116. The molecule has 126 valence electrons. The fourth-order valence-corrected chi connectivity index (χ4v) is 3.29. The molecule has 1 unspecified atom stereocenters. The normalized spacial score (nSPS) is 18.4. The number of rotatable bonds is 2. The van der Waals surface area contributed by atoms with E-state index in [1.807, 2.05) is 20.8 Å². The second-order valence-electron chi connectivity index (χ2n) is 6.28. The molecule has 1 aromatic rings. The molecule has 1 aliphatic heterocycles. The number of halogens is 1. The van der Waals surface area contributed by atoms with Crippen LogP contribution in [-0.4, -0.2) is 46.6 Å². The minimum absolute atomic E-state index is 0.120. The first kappa shape index (κ1) is 17.9. The van der Waals surface area contributed by atoms with Gasteiger partial charge in [0, 0.05) is 29.6 Å². The third-order valence-electron chi connectivity index (χ3n) is 3.12. The first-order valence-corrected chi connectivity index (χ1v) is 8.83. The molecule has 1 saturated heterocycles. The van der Waals surface area contributed by atoms with E-state index in [9.17, 15) is 9.59 Å². The van der Waals surface area contributed by atoms with Gasteiger partial charge in [0.1, 0.15) is 10.9 Å². The minimum Gasteiger partial charge on any atom is -0.444 e. The summed E-state index contributed by atoms with van der Waals surface area (Å²) in [7, 11) is 0. The first-order valence-electron chi connectivity index (χ1n) is 7.40. The van der Waals surface area contributed by atoms with Crippen LogP contribution in [-0.2, 0) is 9.53 Å². The highest BCUT2D eigenvalue weighted by molar-refractivity contribution is 8.00. The van der Waals surface area contributed by atoms with Gasteiger partial charge in [-0.1, -0.05) is 11.6 Å². The van der Waals surface area contributed by atoms with Gasteiger partial charge in [-0.2, -0.15) is 0 Å². The SMILES string of the molecule is CC(C)(C)OC(=O)N1CCSC(C(=O)Nc2ccc(Cl)cc2)C1. The van der Waals surface area contributed by atoms with Crippen molar-refractivity contribution in [3.63, 3.8) is 0 Å². The van der Waals surface area contributed by atoms with Gasteiger partial charge in [-0.25, -0.2) is 4.79 Å². The highest BCUT2D eigenvalue weighted by atomic mass is 35.5. The van der Waals surface area contributed by atoms with Gasteiger partial charge in [0.05, 0.1) is 0 Å². The van der Waals surface area contributed by atoms with Crippen LogP contribution in [0.25, 0.3) is 0 Å². The highest BCUT2D eigenvalue weighted by Crippen LogP contribution is 2.22. The van der Waals surface area contributed by atoms with Gasteiger partial charge in [-0.15, -0.1) is 11.8 Å². The summed E-state index contributed by atoms with van der Waals surface area (Å²) in [6.45, 7) is 6.42. The Bertz CT molecular complexity index is 572. The molecule has 2 rings (SSSR count). The second-order valence-corrected chi connectivity index (χ2v) is 8.03. The number of benzene rings is 1. The predicted octanol–water partition coefficient (Wildman–Crippen LogP) is 3.63. The second kappa shape index (κ2) is 7.45. The van der Waals surface area contributed by atoms with Crippen molar-refractivity contribution >= 4 is 41.1 Å². The van der Waals surface area contributed by atoms with Crippen molar-refractivity contribution in [3.8, 4) is 0 Å². The van der Waals surface area contributed by atoms with Crippen LogP contribution in [0.2, 0.25) is 5.02 Å². The minimum atomic E-state index is -0.539. The Hall–Kier alpha value is -1.40. The molecule has 1 aromatic carbocycles. The summed E-state index contributed by atoms with van der Waals surface area (Å²) in [6.07, 6.45) is -0.373. The lowest BCUT2D eigenvalue weighted by Crippen LogP contribution is -2.47. The van der Waals surface area contributed by atoms with Gasteiger partial charge in [-0.05, 0) is 45.0 Å². The monoisotopic (exact) mass is 356 g/mol. The molecule has 0 saturated carbocycles. The number of thioether (sulfide) groups is 1. The van der Waals surface area contributed by atoms with Gasteiger partial charge in [0.2, 0.25) is 5.91 Å². The summed E-state index contributed by atoms with van der Waals surface area (Å²) in [5.41, 5.74) is 0.150. The topological polar surface area (TPSA) is 58.6 Å². The van der Waals surface area contributed by atoms with Crippen molar-refractivity contribution in [3.05, 3.63) is 29.3 Å². The molecule has 0 aliphatic carbocycles. The molecule has 1 aliphatic rings. The van der Waals surface area contributed by atoms with Gasteiger partial charge >= 0.3 is 6.09 Å². The van der Waals surface area contributed by atoms with Crippen LogP contribution in [0.5, 0.6) is 0 Å². The number of anilines is 1. The molecule has 7 heteroatoms. The number of ether oxygens (including phenoxy) is 1. The molecular weight excluding hydrogens is 336 g/mol. The summed E-state index contributed by atoms with van der Waals surface area (Å²) in [6, 6.07) is 6.94. The number of nitrogens with one attached hydrogen (secondary N) is 1. The molecule has 1 N–H and O–H groups in total. The van der Waals surface area contributed by atoms with E-state index < -0.39 is 5.60 Å². The van der Waals surface area contributed by atoms with Gasteiger partial charge in [-0.3, -0.25) is 4.79 Å². The average molecular weight is 357 g/mol. The quantitative estimate of drug-likeness (QED) is 0.879. The Morgan fingerprint density at radius 1 is 1.30 bits per heavy atom. The molecule has 1 heterocycles. The Labute approximate surface area is 145 Å². The van der Waals surface area contributed by atoms with Crippen LogP contribution in [0, 0.1) is 0 Å². The summed E-state index contributed by atoms with van der Waals surface area (Å²) in [4.78, 5) is 26.1. The maximum absolute atomic E-state index is 12.4. The van der Waals surface area contributed by atoms with E-state index in [1.165, 1.54) is 0 Å². The number of carbonyl (C=O) groups is 2. The fourth-order valence-electron chi connectivity index (χ4n) is 2.06. The maximum Gasteiger partial charge on any atom is 0.410 e. The van der Waals surface area contributed by atoms with Gasteiger partial charge < -0.3 is 15.0 Å². The molecule has 23 heavy (non-hydrogen) atoms. The van der Waals surface area contributed by atoms with E-state index in [0.29, 0.717) is 29.6 Å². The Kier molecular flexibility index (Phi) is 5.81. The largest absolute Gasteiger partial charge is 0.444 e. The van der Waals surface area contributed by atoms with Crippen LogP contribution in [0.15, 0.2) is 24.3 Å². The fraction of sp³-hybridized carbons (Fsp3) is 0.500. The summed E-state index contributed by atoms with van der Waals surface area (Å²) < 4.78 is 5.37. The first-order chi connectivity index (χ1) is 10.7. The van der Waals surface area contributed by atoms with E-state index in [0.717, 1.165) is 0 Å². The Morgan fingerprint density at radius 2 is 1.96 bits per heavy atom. The third-order valence-corrected chi connectivity index (χ3v) is 4.56. The van der Waals surface area contributed by atoms with E-state index in [1.54, 1.807) is 40.9 Å². The average Bonchev–Trinajstić information content (AvgIpc) is 2.48. The van der Waals surface area contributed by atoms with Crippen molar-refractivity contribution < 1.29 is 14.3 Å². The summed E-state index contributed by atoms with van der Waals surface area (Å²) >= 11 is 7.37. The molecule has 0 radical (unpaired) electrons. The molecule has 2 amide bonds. The van der Waals surface area contributed by atoms with E-state index in [4.69, 9.17) is 16.3 Å². The smallest absolute Gasteiger partial charge is 0.410 e. The maximum atomic E-state index is 12.4. The van der Waals surface area contributed by atoms with Gasteiger partial charge in [0.15, 0.2) is 0 Å². The number of carbonyl (C=O) groups excluding carboxylic acids is 2. The van der Waals surface area contributed by atoms with Crippen LogP contribution in [0.1, 0.15) is 20.8 Å². The van der Waals surface area contributed by atoms with Crippen molar-refractivity contribution in [2.45, 2.75) is 31.6 Å². The lowest BCUT2D eigenvalue weighted by Gasteiger charge is -2.33. The van der Waals surface area contributed by atoms with Crippen molar-refractivity contribution in [2.75, 3.05) is 24.2 Å². The summed E-state index contributed by atoms with van der Waals surface area (Å²) in [5, 5.41) is 3.15. The zero-order valence-corrected chi connectivity index (χ0v) is 15.0.